The van der Waals surface area contributed by atoms with Crippen molar-refractivity contribution in [3.05, 3.63) is 34.9 Å². The van der Waals surface area contributed by atoms with Gasteiger partial charge in [-0.1, -0.05) is 36.6 Å². The molecule has 1 N–H and O–H groups in total. The first-order valence-corrected chi connectivity index (χ1v) is 7.92. The van der Waals surface area contributed by atoms with Gasteiger partial charge in [0, 0.05) is 37.2 Å². The number of halogens is 3. The van der Waals surface area contributed by atoms with E-state index in [2.05, 4.69) is 22.3 Å². The fourth-order valence-corrected chi connectivity index (χ4v) is 3.80. The number of nitrogens with one attached hydrogen (secondary N) is 1. The molecule has 2 aliphatic rings. The minimum absolute atomic E-state index is 0. The van der Waals surface area contributed by atoms with E-state index in [4.69, 9.17) is 11.6 Å². The van der Waals surface area contributed by atoms with Gasteiger partial charge in [-0.2, -0.15) is 0 Å². The molecule has 1 atom stereocenters. The highest BCUT2D eigenvalue weighted by Gasteiger charge is 2.31. The number of hydrogen-bond acceptors (Lipinski definition) is 2. The Morgan fingerprint density at radius 1 is 1.00 bits per heavy atom. The molecule has 1 aromatic carbocycles. The maximum absolute atomic E-state index is 6.04. The standard InChI is InChI=1S/C16H23ClN2.2ClH/c17-15-7-5-14(6-8-15)16(13-3-1-2-4-13)19-11-9-18-10-12-19;;/h5-8,13,16,18H,1-4,9-12H2;2*1H/t16-;;/m0../s1. The summed E-state index contributed by atoms with van der Waals surface area (Å²) in [7, 11) is 0. The van der Waals surface area contributed by atoms with Crippen molar-refractivity contribution in [1.82, 2.24) is 10.2 Å². The van der Waals surface area contributed by atoms with E-state index in [1.54, 1.807) is 0 Å². The average molecular weight is 352 g/mol. The summed E-state index contributed by atoms with van der Waals surface area (Å²) >= 11 is 6.04. The number of benzene rings is 1. The maximum atomic E-state index is 6.04. The van der Waals surface area contributed by atoms with E-state index < -0.39 is 0 Å². The van der Waals surface area contributed by atoms with E-state index in [0.717, 1.165) is 24.0 Å². The molecule has 0 aromatic heterocycles. The van der Waals surface area contributed by atoms with Gasteiger partial charge >= 0.3 is 0 Å². The Morgan fingerprint density at radius 2 is 1.57 bits per heavy atom. The monoisotopic (exact) mass is 350 g/mol. The van der Waals surface area contributed by atoms with Crippen LogP contribution in [0.3, 0.4) is 0 Å². The van der Waals surface area contributed by atoms with Crippen LogP contribution in [0.25, 0.3) is 0 Å². The lowest BCUT2D eigenvalue weighted by molar-refractivity contribution is 0.125. The SMILES string of the molecule is Cl.Cl.Clc1ccc([C@H](C2CCCC2)N2CCNCC2)cc1. The summed E-state index contributed by atoms with van der Waals surface area (Å²) in [5.74, 6) is 0.833. The van der Waals surface area contributed by atoms with E-state index in [1.165, 1.54) is 44.3 Å². The van der Waals surface area contributed by atoms with Crippen LogP contribution in [-0.4, -0.2) is 31.1 Å². The van der Waals surface area contributed by atoms with Crippen LogP contribution < -0.4 is 5.32 Å². The van der Waals surface area contributed by atoms with E-state index in [-0.39, 0.29) is 24.8 Å². The topological polar surface area (TPSA) is 15.3 Å². The van der Waals surface area contributed by atoms with Gasteiger partial charge in [-0.15, -0.1) is 24.8 Å². The predicted octanol–water partition coefficient (Wildman–Crippen LogP) is 4.32. The van der Waals surface area contributed by atoms with Crippen molar-refractivity contribution in [3.8, 4) is 0 Å². The third-order valence-corrected chi connectivity index (χ3v) is 4.85. The molecule has 0 amide bonds. The Labute approximate surface area is 145 Å². The number of nitrogens with zero attached hydrogens (tertiary/aromatic N) is 1. The minimum atomic E-state index is 0. The summed E-state index contributed by atoms with van der Waals surface area (Å²) in [6.07, 6.45) is 5.58. The van der Waals surface area contributed by atoms with E-state index >= 15 is 0 Å². The van der Waals surface area contributed by atoms with Crippen molar-refractivity contribution < 1.29 is 0 Å². The normalized spacial score (nSPS) is 21.4. The lowest BCUT2D eigenvalue weighted by Gasteiger charge is -2.38. The first-order chi connectivity index (χ1) is 9.34. The van der Waals surface area contributed by atoms with E-state index in [0.29, 0.717) is 6.04 Å². The smallest absolute Gasteiger partial charge is 0.0406 e. The Kier molecular flexibility index (Phi) is 8.36. The molecular weight excluding hydrogens is 327 g/mol. The zero-order chi connectivity index (χ0) is 13.1. The third kappa shape index (κ3) is 4.74. The van der Waals surface area contributed by atoms with Gasteiger partial charge in [0.1, 0.15) is 0 Å². The van der Waals surface area contributed by atoms with Crippen molar-refractivity contribution in [2.24, 2.45) is 5.92 Å². The fourth-order valence-electron chi connectivity index (χ4n) is 3.67. The van der Waals surface area contributed by atoms with Crippen molar-refractivity contribution in [2.45, 2.75) is 31.7 Å². The molecule has 21 heavy (non-hydrogen) atoms. The molecule has 3 rings (SSSR count). The second-order valence-electron chi connectivity index (χ2n) is 5.83. The van der Waals surface area contributed by atoms with Crippen molar-refractivity contribution in [1.29, 1.82) is 0 Å². The van der Waals surface area contributed by atoms with Gasteiger partial charge in [0.05, 0.1) is 0 Å². The molecule has 0 bridgehead atoms. The number of rotatable bonds is 3. The summed E-state index contributed by atoms with van der Waals surface area (Å²) in [6, 6.07) is 9.14. The van der Waals surface area contributed by atoms with Crippen LogP contribution >= 0.6 is 36.4 Å². The zero-order valence-electron chi connectivity index (χ0n) is 12.3. The Morgan fingerprint density at radius 3 is 2.14 bits per heavy atom. The maximum Gasteiger partial charge on any atom is 0.0406 e. The third-order valence-electron chi connectivity index (χ3n) is 4.60. The molecule has 0 spiro atoms. The molecule has 2 nitrogen and oxygen atoms in total. The molecule has 120 valence electrons. The van der Waals surface area contributed by atoms with Gasteiger partial charge in [0.2, 0.25) is 0 Å². The largest absolute Gasteiger partial charge is 0.314 e. The molecule has 1 heterocycles. The van der Waals surface area contributed by atoms with Gasteiger partial charge < -0.3 is 5.32 Å². The van der Waals surface area contributed by atoms with Crippen LogP contribution in [0.1, 0.15) is 37.3 Å². The van der Waals surface area contributed by atoms with Crippen molar-refractivity contribution >= 4 is 36.4 Å². The summed E-state index contributed by atoms with van der Waals surface area (Å²) in [5.41, 5.74) is 1.46. The van der Waals surface area contributed by atoms with Crippen LogP contribution in [0, 0.1) is 5.92 Å². The molecule has 1 saturated heterocycles. The molecule has 0 radical (unpaired) electrons. The van der Waals surface area contributed by atoms with Crippen LogP contribution in [0.4, 0.5) is 0 Å². The van der Waals surface area contributed by atoms with Crippen LogP contribution in [-0.2, 0) is 0 Å². The summed E-state index contributed by atoms with van der Waals surface area (Å²) < 4.78 is 0. The van der Waals surface area contributed by atoms with Gasteiger partial charge in [-0.05, 0) is 36.5 Å². The fraction of sp³-hybridized carbons (Fsp3) is 0.625. The number of piperazine rings is 1. The lowest BCUT2D eigenvalue weighted by Crippen LogP contribution is -2.46. The molecule has 1 aromatic rings. The Bertz CT molecular complexity index is 398. The van der Waals surface area contributed by atoms with Crippen molar-refractivity contribution in [3.63, 3.8) is 0 Å². The van der Waals surface area contributed by atoms with Crippen LogP contribution in [0.15, 0.2) is 24.3 Å². The molecule has 1 aliphatic carbocycles. The molecule has 0 unspecified atom stereocenters. The van der Waals surface area contributed by atoms with Gasteiger partial charge in [-0.25, -0.2) is 0 Å². The summed E-state index contributed by atoms with van der Waals surface area (Å²) in [6.45, 7) is 4.58. The second kappa shape index (κ2) is 9.22. The van der Waals surface area contributed by atoms with E-state index in [9.17, 15) is 0 Å². The van der Waals surface area contributed by atoms with E-state index in [1.807, 2.05) is 12.1 Å². The highest BCUT2D eigenvalue weighted by Crippen LogP contribution is 2.39. The molecule has 2 fully saturated rings. The quantitative estimate of drug-likeness (QED) is 0.872. The minimum Gasteiger partial charge on any atom is -0.314 e. The molecule has 1 saturated carbocycles. The van der Waals surface area contributed by atoms with Gasteiger partial charge in [-0.3, -0.25) is 4.90 Å². The summed E-state index contributed by atoms with van der Waals surface area (Å²) in [5, 5.41) is 4.30. The average Bonchev–Trinajstić information content (AvgIpc) is 2.96. The highest BCUT2D eigenvalue weighted by molar-refractivity contribution is 6.30. The van der Waals surface area contributed by atoms with Crippen LogP contribution in [0.2, 0.25) is 5.02 Å². The Balaban J connectivity index is 0.00000110. The predicted molar refractivity (Wildman–Crippen MR) is 95.1 cm³/mol. The first-order valence-electron chi connectivity index (χ1n) is 7.55. The first kappa shape index (κ1) is 19.1. The second-order valence-corrected chi connectivity index (χ2v) is 6.26. The van der Waals surface area contributed by atoms with Crippen molar-refractivity contribution in [2.75, 3.05) is 26.2 Å². The molecule has 1 aliphatic heterocycles. The summed E-state index contributed by atoms with van der Waals surface area (Å²) in [4.78, 5) is 2.68. The zero-order valence-corrected chi connectivity index (χ0v) is 14.7. The number of hydrogen-bond donors (Lipinski definition) is 1. The molecular formula is C16H25Cl3N2. The van der Waals surface area contributed by atoms with Gasteiger partial charge in [0.15, 0.2) is 0 Å². The van der Waals surface area contributed by atoms with Gasteiger partial charge in [0.25, 0.3) is 0 Å². The highest BCUT2D eigenvalue weighted by atomic mass is 35.5. The lowest BCUT2D eigenvalue weighted by atomic mass is 9.90. The Hall–Kier alpha value is 0.01000. The molecule has 5 heteroatoms. The van der Waals surface area contributed by atoms with Crippen LogP contribution in [0.5, 0.6) is 0 Å².